The maximum atomic E-state index is 11.4. The van der Waals surface area contributed by atoms with Gasteiger partial charge in [0, 0.05) is 11.2 Å². The Hall–Kier alpha value is -1.86. The Morgan fingerprint density at radius 3 is 2.95 bits per heavy atom. The van der Waals surface area contributed by atoms with Crippen LogP contribution in [-0.2, 0) is 9.53 Å². The molecule has 0 bridgehead atoms. The zero-order valence-corrected chi connectivity index (χ0v) is 11.6. The first-order chi connectivity index (χ1) is 9.08. The van der Waals surface area contributed by atoms with Crippen LogP contribution in [0.5, 0.6) is 0 Å². The molecule has 0 fully saturated rings. The van der Waals surface area contributed by atoms with E-state index in [0.717, 1.165) is 5.56 Å². The van der Waals surface area contributed by atoms with Crippen molar-refractivity contribution in [3.63, 3.8) is 0 Å². The molecular formula is C14H15ClN2O2. The fourth-order valence-electron chi connectivity index (χ4n) is 1.45. The number of aliphatic imine (C=N–C) groups is 1. The van der Waals surface area contributed by atoms with Crippen LogP contribution < -0.4 is 0 Å². The summed E-state index contributed by atoms with van der Waals surface area (Å²) >= 11 is 5.89. The van der Waals surface area contributed by atoms with E-state index in [1.54, 1.807) is 19.1 Å². The van der Waals surface area contributed by atoms with Gasteiger partial charge in [-0.15, -0.1) is 0 Å². The minimum Gasteiger partial charge on any atom is -0.465 e. The van der Waals surface area contributed by atoms with Crippen molar-refractivity contribution in [2.24, 2.45) is 10.9 Å². The van der Waals surface area contributed by atoms with Crippen molar-refractivity contribution < 1.29 is 9.53 Å². The van der Waals surface area contributed by atoms with Crippen molar-refractivity contribution >= 4 is 23.8 Å². The Bertz CT molecular complexity index is 508. The zero-order valence-electron chi connectivity index (χ0n) is 10.8. The van der Waals surface area contributed by atoms with Gasteiger partial charge in [0.05, 0.1) is 18.7 Å². The van der Waals surface area contributed by atoms with Crippen LogP contribution >= 0.6 is 11.6 Å². The largest absolute Gasteiger partial charge is 0.465 e. The summed E-state index contributed by atoms with van der Waals surface area (Å²) in [4.78, 5) is 15.6. The van der Waals surface area contributed by atoms with Crippen molar-refractivity contribution in [2.75, 3.05) is 6.61 Å². The molecule has 0 unspecified atom stereocenters. The molecule has 1 rings (SSSR count). The Balaban J connectivity index is 2.74. The van der Waals surface area contributed by atoms with E-state index in [2.05, 4.69) is 4.99 Å². The van der Waals surface area contributed by atoms with E-state index >= 15 is 0 Å². The van der Waals surface area contributed by atoms with Crippen LogP contribution in [0.4, 0.5) is 0 Å². The molecule has 100 valence electrons. The predicted molar refractivity (Wildman–Crippen MR) is 74.1 cm³/mol. The lowest BCUT2D eigenvalue weighted by molar-refractivity contribution is -0.143. The maximum absolute atomic E-state index is 11.4. The molecule has 0 radical (unpaired) electrons. The molecule has 4 nitrogen and oxygen atoms in total. The van der Waals surface area contributed by atoms with Crippen molar-refractivity contribution in [2.45, 2.75) is 19.9 Å². The van der Waals surface area contributed by atoms with Gasteiger partial charge in [-0.3, -0.25) is 9.79 Å². The fraction of sp³-hybridized carbons (Fsp3) is 0.357. The molecule has 2 atom stereocenters. The molecule has 0 aliphatic carbocycles. The standard InChI is InChI=1S/C14H15ClN2O2/c1-3-19-14(18)12(8-16)9-17-10(2)11-5-4-6-13(15)7-11/h4-7,9-10,12H,3H2,1-2H3/t10-,12-/m1/s1. The highest BCUT2D eigenvalue weighted by Gasteiger charge is 2.16. The zero-order chi connectivity index (χ0) is 14.3. The Morgan fingerprint density at radius 2 is 2.37 bits per heavy atom. The SMILES string of the molecule is CCOC(=O)[C@H](C#N)C=N[C@H](C)c1cccc(Cl)c1. The summed E-state index contributed by atoms with van der Waals surface area (Å²) in [5, 5.41) is 9.51. The number of hydrogen-bond donors (Lipinski definition) is 0. The molecule has 0 spiro atoms. The maximum Gasteiger partial charge on any atom is 0.328 e. The van der Waals surface area contributed by atoms with Crippen molar-refractivity contribution in [1.29, 1.82) is 5.26 Å². The monoisotopic (exact) mass is 278 g/mol. The summed E-state index contributed by atoms with van der Waals surface area (Å²) < 4.78 is 4.78. The second-order valence-electron chi connectivity index (χ2n) is 3.89. The van der Waals surface area contributed by atoms with Crippen LogP contribution in [0.3, 0.4) is 0 Å². The number of halogens is 1. The van der Waals surface area contributed by atoms with Gasteiger partial charge in [-0.05, 0) is 31.5 Å². The van der Waals surface area contributed by atoms with E-state index in [9.17, 15) is 4.79 Å². The highest BCUT2D eigenvalue weighted by atomic mass is 35.5. The molecule has 1 aromatic rings. The van der Waals surface area contributed by atoms with E-state index in [1.807, 2.05) is 25.1 Å². The number of ether oxygens (including phenoxy) is 1. The minimum atomic E-state index is -0.971. The average molecular weight is 279 g/mol. The molecular weight excluding hydrogens is 264 g/mol. The van der Waals surface area contributed by atoms with E-state index < -0.39 is 11.9 Å². The fourth-order valence-corrected chi connectivity index (χ4v) is 1.65. The normalized spacial score (nSPS) is 13.8. The van der Waals surface area contributed by atoms with Gasteiger partial charge in [-0.2, -0.15) is 5.26 Å². The second-order valence-corrected chi connectivity index (χ2v) is 4.32. The molecule has 19 heavy (non-hydrogen) atoms. The van der Waals surface area contributed by atoms with Gasteiger partial charge < -0.3 is 4.74 Å². The minimum absolute atomic E-state index is 0.177. The number of nitriles is 1. The molecule has 5 heteroatoms. The van der Waals surface area contributed by atoms with Gasteiger partial charge in [0.25, 0.3) is 0 Å². The topological polar surface area (TPSA) is 62.5 Å². The van der Waals surface area contributed by atoms with Crippen LogP contribution in [0, 0.1) is 17.2 Å². The molecule has 0 aliphatic rings. The molecule has 0 amide bonds. The average Bonchev–Trinajstić information content (AvgIpc) is 2.39. The number of nitrogens with zero attached hydrogens (tertiary/aromatic N) is 2. The van der Waals surface area contributed by atoms with Crippen molar-refractivity contribution in [3.05, 3.63) is 34.9 Å². The third-order valence-electron chi connectivity index (χ3n) is 2.47. The summed E-state index contributed by atoms with van der Waals surface area (Å²) in [7, 11) is 0. The van der Waals surface area contributed by atoms with Gasteiger partial charge in [-0.25, -0.2) is 0 Å². The lowest BCUT2D eigenvalue weighted by atomic mass is 10.1. The van der Waals surface area contributed by atoms with Crippen LogP contribution in [-0.4, -0.2) is 18.8 Å². The quantitative estimate of drug-likeness (QED) is 0.614. The molecule has 0 heterocycles. The summed E-state index contributed by atoms with van der Waals surface area (Å²) in [5.74, 6) is -1.55. The summed E-state index contributed by atoms with van der Waals surface area (Å²) in [6.07, 6.45) is 1.32. The lowest BCUT2D eigenvalue weighted by Crippen LogP contribution is -2.17. The molecule has 0 saturated carbocycles. The van der Waals surface area contributed by atoms with Crippen LogP contribution in [0.15, 0.2) is 29.3 Å². The van der Waals surface area contributed by atoms with Gasteiger partial charge in [0.1, 0.15) is 0 Å². The number of hydrogen-bond acceptors (Lipinski definition) is 4. The van der Waals surface area contributed by atoms with Crippen LogP contribution in [0.25, 0.3) is 0 Å². The number of rotatable bonds is 5. The highest BCUT2D eigenvalue weighted by Crippen LogP contribution is 2.20. The van der Waals surface area contributed by atoms with E-state index in [1.165, 1.54) is 6.21 Å². The Kier molecular flexibility index (Phi) is 6.04. The highest BCUT2D eigenvalue weighted by molar-refractivity contribution is 6.30. The molecule has 0 aromatic heterocycles. The van der Waals surface area contributed by atoms with Gasteiger partial charge >= 0.3 is 5.97 Å². The van der Waals surface area contributed by atoms with E-state index in [-0.39, 0.29) is 12.6 Å². The second kappa shape index (κ2) is 7.55. The summed E-state index contributed by atoms with van der Waals surface area (Å²) in [5.41, 5.74) is 0.921. The predicted octanol–water partition coefficient (Wildman–Crippen LogP) is 3.17. The van der Waals surface area contributed by atoms with Crippen LogP contribution in [0.2, 0.25) is 5.02 Å². The first kappa shape index (κ1) is 15.2. The number of carbonyl (C=O) groups excluding carboxylic acids is 1. The molecule has 0 N–H and O–H groups in total. The third-order valence-corrected chi connectivity index (χ3v) is 2.70. The Morgan fingerprint density at radius 1 is 1.63 bits per heavy atom. The Labute approximate surface area is 117 Å². The smallest absolute Gasteiger partial charge is 0.328 e. The summed E-state index contributed by atoms with van der Waals surface area (Å²) in [6, 6.07) is 8.97. The number of carbonyl (C=O) groups is 1. The molecule has 1 aromatic carbocycles. The first-order valence-corrected chi connectivity index (χ1v) is 6.31. The van der Waals surface area contributed by atoms with Gasteiger partial charge in [0.15, 0.2) is 5.92 Å². The van der Waals surface area contributed by atoms with Crippen molar-refractivity contribution in [3.8, 4) is 6.07 Å². The first-order valence-electron chi connectivity index (χ1n) is 5.93. The molecule has 0 aliphatic heterocycles. The van der Waals surface area contributed by atoms with Gasteiger partial charge in [0.2, 0.25) is 0 Å². The van der Waals surface area contributed by atoms with Crippen LogP contribution in [0.1, 0.15) is 25.5 Å². The van der Waals surface area contributed by atoms with Crippen molar-refractivity contribution in [1.82, 2.24) is 0 Å². The van der Waals surface area contributed by atoms with Gasteiger partial charge in [-0.1, -0.05) is 23.7 Å². The number of esters is 1. The number of benzene rings is 1. The van der Waals surface area contributed by atoms with E-state index in [4.69, 9.17) is 21.6 Å². The third kappa shape index (κ3) is 4.72. The molecule has 0 saturated heterocycles. The lowest BCUT2D eigenvalue weighted by Gasteiger charge is -2.08. The van der Waals surface area contributed by atoms with E-state index in [0.29, 0.717) is 5.02 Å². The summed E-state index contributed by atoms with van der Waals surface area (Å²) in [6.45, 7) is 3.80.